The number of ether oxygens (including phenoxy) is 1. The SMILES string of the molecule is CC(=O)NC(CC(=O)N(C)c1ccc(OCC(=O)O)cc1)c1ccccc1. The van der Waals surface area contributed by atoms with Crippen LogP contribution in [-0.4, -0.2) is 36.5 Å². The van der Waals surface area contributed by atoms with Crippen LogP contribution in [0.2, 0.25) is 0 Å². The summed E-state index contributed by atoms with van der Waals surface area (Å²) in [7, 11) is 1.64. The average molecular weight is 370 g/mol. The number of hydrogen-bond acceptors (Lipinski definition) is 4. The predicted octanol–water partition coefficient (Wildman–Crippen LogP) is 2.38. The second kappa shape index (κ2) is 9.38. The van der Waals surface area contributed by atoms with E-state index in [0.29, 0.717) is 11.4 Å². The molecule has 142 valence electrons. The summed E-state index contributed by atoms with van der Waals surface area (Å²) in [6, 6.07) is 15.4. The van der Waals surface area contributed by atoms with Gasteiger partial charge in [-0.25, -0.2) is 4.79 Å². The highest BCUT2D eigenvalue weighted by atomic mass is 16.5. The van der Waals surface area contributed by atoms with E-state index >= 15 is 0 Å². The molecule has 2 N–H and O–H groups in total. The lowest BCUT2D eigenvalue weighted by molar-refractivity contribution is -0.139. The molecule has 7 nitrogen and oxygen atoms in total. The van der Waals surface area contributed by atoms with Crippen molar-refractivity contribution in [3.63, 3.8) is 0 Å². The fourth-order valence-corrected chi connectivity index (χ4v) is 2.55. The van der Waals surface area contributed by atoms with Gasteiger partial charge in [-0.15, -0.1) is 0 Å². The van der Waals surface area contributed by atoms with Crippen molar-refractivity contribution >= 4 is 23.5 Å². The van der Waals surface area contributed by atoms with Crippen LogP contribution in [0.25, 0.3) is 0 Å². The quantitative estimate of drug-likeness (QED) is 0.744. The van der Waals surface area contributed by atoms with Crippen molar-refractivity contribution in [1.29, 1.82) is 0 Å². The molecule has 2 amide bonds. The smallest absolute Gasteiger partial charge is 0.341 e. The number of nitrogens with one attached hydrogen (secondary N) is 1. The Balaban J connectivity index is 2.06. The molecule has 2 rings (SSSR count). The molecule has 0 aliphatic rings. The van der Waals surface area contributed by atoms with Crippen molar-refractivity contribution in [2.75, 3.05) is 18.6 Å². The van der Waals surface area contributed by atoms with Crippen LogP contribution in [0, 0.1) is 0 Å². The summed E-state index contributed by atoms with van der Waals surface area (Å²) in [5.74, 6) is -1.03. The Morgan fingerprint density at radius 2 is 1.70 bits per heavy atom. The highest BCUT2D eigenvalue weighted by Crippen LogP contribution is 2.22. The molecule has 2 aromatic rings. The van der Waals surface area contributed by atoms with Gasteiger partial charge in [-0.1, -0.05) is 30.3 Å². The first kappa shape index (κ1) is 20.0. The fraction of sp³-hybridized carbons (Fsp3) is 0.250. The number of carbonyl (C=O) groups is 3. The molecule has 0 saturated carbocycles. The van der Waals surface area contributed by atoms with Gasteiger partial charge in [0.1, 0.15) is 5.75 Å². The molecular formula is C20H22N2O5. The molecule has 0 spiro atoms. The van der Waals surface area contributed by atoms with E-state index in [0.717, 1.165) is 5.56 Å². The third-order valence-electron chi connectivity index (χ3n) is 3.92. The zero-order chi connectivity index (χ0) is 19.8. The lowest BCUT2D eigenvalue weighted by atomic mass is 10.0. The van der Waals surface area contributed by atoms with Crippen molar-refractivity contribution in [1.82, 2.24) is 5.32 Å². The van der Waals surface area contributed by atoms with Crippen LogP contribution in [0.3, 0.4) is 0 Å². The summed E-state index contributed by atoms with van der Waals surface area (Å²) >= 11 is 0. The maximum Gasteiger partial charge on any atom is 0.341 e. The maximum absolute atomic E-state index is 12.7. The number of benzene rings is 2. The molecule has 2 aromatic carbocycles. The van der Waals surface area contributed by atoms with Crippen molar-refractivity contribution in [3.05, 3.63) is 60.2 Å². The molecular weight excluding hydrogens is 348 g/mol. The van der Waals surface area contributed by atoms with Crippen LogP contribution in [0.5, 0.6) is 5.75 Å². The first-order chi connectivity index (χ1) is 12.9. The van der Waals surface area contributed by atoms with Gasteiger partial charge < -0.3 is 20.1 Å². The number of carboxylic acid groups (broad SMARTS) is 1. The van der Waals surface area contributed by atoms with Gasteiger partial charge in [0, 0.05) is 19.7 Å². The molecule has 1 atom stereocenters. The summed E-state index contributed by atoms with van der Waals surface area (Å²) in [6.45, 7) is 0.990. The van der Waals surface area contributed by atoms with Crippen molar-refractivity contribution in [2.24, 2.45) is 0 Å². The summed E-state index contributed by atoms with van der Waals surface area (Å²) in [4.78, 5) is 36.2. The zero-order valence-corrected chi connectivity index (χ0v) is 15.2. The normalized spacial score (nSPS) is 11.3. The molecule has 0 saturated heterocycles. The largest absolute Gasteiger partial charge is 0.482 e. The zero-order valence-electron chi connectivity index (χ0n) is 15.2. The van der Waals surface area contributed by atoms with E-state index < -0.39 is 18.6 Å². The number of anilines is 1. The van der Waals surface area contributed by atoms with Crippen LogP contribution >= 0.6 is 0 Å². The first-order valence-corrected chi connectivity index (χ1v) is 8.40. The van der Waals surface area contributed by atoms with Crippen molar-refractivity contribution < 1.29 is 24.2 Å². The van der Waals surface area contributed by atoms with Gasteiger partial charge in [0.15, 0.2) is 6.61 Å². The molecule has 0 aliphatic carbocycles. The van der Waals surface area contributed by atoms with E-state index in [4.69, 9.17) is 9.84 Å². The van der Waals surface area contributed by atoms with Gasteiger partial charge in [0.2, 0.25) is 11.8 Å². The first-order valence-electron chi connectivity index (χ1n) is 8.40. The second-order valence-electron chi connectivity index (χ2n) is 6.00. The lowest BCUT2D eigenvalue weighted by Gasteiger charge is -2.23. The van der Waals surface area contributed by atoms with Crippen LogP contribution in [0.4, 0.5) is 5.69 Å². The summed E-state index contributed by atoms with van der Waals surface area (Å²) in [6.07, 6.45) is 0.108. The van der Waals surface area contributed by atoms with Gasteiger partial charge in [0.05, 0.1) is 12.5 Å². The highest BCUT2D eigenvalue weighted by molar-refractivity contribution is 5.93. The summed E-state index contributed by atoms with van der Waals surface area (Å²) < 4.78 is 5.08. The van der Waals surface area contributed by atoms with Crippen molar-refractivity contribution in [3.8, 4) is 5.75 Å². The molecule has 0 heterocycles. The minimum absolute atomic E-state index is 0.108. The average Bonchev–Trinajstić information content (AvgIpc) is 2.66. The molecule has 0 radical (unpaired) electrons. The molecule has 1 unspecified atom stereocenters. The number of aliphatic carboxylic acids is 1. The Morgan fingerprint density at radius 3 is 2.26 bits per heavy atom. The molecule has 7 heteroatoms. The number of nitrogens with zero attached hydrogens (tertiary/aromatic N) is 1. The number of amides is 2. The third-order valence-corrected chi connectivity index (χ3v) is 3.92. The monoisotopic (exact) mass is 370 g/mol. The van der Waals surface area contributed by atoms with Crippen LogP contribution in [-0.2, 0) is 14.4 Å². The third kappa shape index (κ3) is 6.14. The van der Waals surface area contributed by atoms with E-state index in [1.54, 1.807) is 31.3 Å². The number of carbonyl (C=O) groups excluding carboxylic acids is 2. The Bertz CT molecular complexity index is 790. The number of hydrogen-bond donors (Lipinski definition) is 2. The van der Waals surface area contributed by atoms with Gasteiger partial charge in [0.25, 0.3) is 0 Å². The van der Waals surface area contributed by atoms with Gasteiger partial charge in [-0.3, -0.25) is 9.59 Å². The molecule has 0 bridgehead atoms. The predicted molar refractivity (Wildman–Crippen MR) is 101 cm³/mol. The topological polar surface area (TPSA) is 95.9 Å². The van der Waals surface area contributed by atoms with Gasteiger partial charge >= 0.3 is 5.97 Å². The van der Waals surface area contributed by atoms with Gasteiger partial charge in [-0.2, -0.15) is 0 Å². The van der Waals surface area contributed by atoms with E-state index in [1.165, 1.54) is 11.8 Å². The Labute approximate surface area is 157 Å². The molecule has 0 fully saturated rings. The Morgan fingerprint density at radius 1 is 1.07 bits per heavy atom. The van der Waals surface area contributed by atoms with Gasteiger partial charge in [-0.05, 0) is 29.8 Å². The Kier molecular flexibility index (Phi) is 6.93. The van der Waals surface area contributed by atoms with E-state index in [1.807, 2.05) is 30.3 Å². The maximum atomic E-state index is 12.7. The second-order valence-corrected chi connectivity index (χ2v) is 6.00. The van der Waals surface area contributed by atoms with Crippen LogP contribution in [0.15, 0.2) is 54.6 Å². The molecule has 0 aliphatic heterocycles. The van der Waals surface area contributed by atoms with E-state index in [-0.39, 0.29) is 18.2 Å². The van der Waals surface area contributed by atoms with E-state index in [2.05, 4.69) is 5.32 Å². The fourth-order valence-electron chi connectivity index (χ4n) is 2.55. The lowest BCUT2D eigenvalue weighted by Crippen LogP contribution is -2.33. The minimum Gasteiger partial charge on any atom is -0.482 e. The standard InChI is InChI=1S/C20H22N2O5/c1-14(23)21-18(15-6-4-3-5-7-15)12-19(24)22(2)16-8-10-17(11-9-16)27-13-20(25)26/h3-11,18H,12-13H2,1-2H3,(H,21,23)(H,25,26). The summed E-state index contributed by atoms with van der Waals surface area (Å²) in [5.41, 5.74) is 1.49. The summed E-state index contributed by atoms with van der Waals surface area (Å²) in [5, 5.41) is 11.4. The van der Waals surface area contributed by atoms with E-state index in [9.17, 15) is 14.4 Å². The molecule has 27 heavy (non-hydrogen) atoms. The Hall–Kier alpha value is -3.35. The molecule has 0 aromatic heterocycles. The minimum atomic E-state index is -1.06. The number of rotatable bonds is 8. The van der Waals surface area contributed by atoms with Crippen LogP contribution in [0.1, 0.15) is 24.9 Å². The van der Waals surface area contributed by atoms with Crippen molar-refractivity contribution in [2.45, 2.75) is 19.4 Å². The number of carboxylic acids is 1. The van der Waals surface area contributed by atoms with Crippen LogP contribution < -0.4 is 15.0 Å². The highest BCUT2D eigenvalue weighted by Gasteiger charge is 2.20.